The highest BCUT2D eigenvalue weighted by atomic mass is 19.1. The van der Waals surface area contributed by atoms with Gasteiger partial charge in [-0.25, -0.2) is 9.18 Å². The minimum Gasteiger partial charge on any atom is -0.338 e. The lowest BCUT2D eigenvalue weighted by Gasteiger charge is -2.40. The molecule has 3 N–H and O–H groups in total. The summed E-state index contributed by atoms with van der Waals surface area (Å²) in [6.07, 6.45) is 7.32. The molecule has 0 aromatic heterocycles. The number of hydrogen-bond acceptors (Lipinski definition) is 3. The molecule has 1 saturated carbocycles. The van der Waals surface area contributed by atoms with Crippen molar-refractivity contribution >= 4 is 23.6 Å². The fraction of sp³-hybridized carbons (Fsp3) is 0.393. The maximum atomic E-state index is 13.3. The third-order valence-electron chi connectivity index (χ3n) is 7.39. The zero-order valence-electron chi connectivity index (χ0n) is 19.9. The number of carbonyl (C=O) groups excluding carboxylic acids is 1. The molecule has 1 fully saturated rings. The highest BCUT2D eigenvalue weighted by molar-refractivity contribution is 6.07. The van der Waals surface area contributed by atoms with Gasteiger partial charge in [0, 0.05) is 24.4 Å². The Morgan fingerprint density at radius 3 is 2.65 bits per heavy atom. The van der Waals surface area contributed by atoms with Crippen LogP contribution in [-0.4, -0.2) is 24.5 Å². The second kappa shape index (κ2) is 10.3. The van der Waals surface area contributed by atoms with E-state index in [4.69, 9.17) is 10.4 Å². The Kier molecular flexibility index (Phi) is 7.25. The van der Waals surface area contributed by atoms with Crippen molar-refractivity contribution in [3.05, 3.63) is 77.6 Å². The zero-order chi connectivity index (χ0) is 24.1. The van der Waals surface area contributed by atoms with Gasteiger partial charge in [-0.2, -0.15) is 0 Å². The molecule has 5 nitrogen and oxygen atoms in total. The Hall–Kier alpha value is -3.28. The number of rotatable bonds is 7. The summed E-state index contributed by atoms with van der Waals surface area (Å²) < 4.78 is 13.3. The Balaban J connectivity index is 1.60. The molecular formula is C28H33FN4O. The van der Waals surface area contributed by atoms with E-state index in [2.05, 4.69) is 35.8 Å². The van der Waals surface area contributed by atoms with E-state index in [0.29, 0.717) is 18.2 Å². The van der Waals surface area contributed by atoms with E-state index < -0.39 is 0 Å². The SMILES string of the molecule is CCNC(=O)NC(CC1CCC2=CC(=Nc3ccc(F)cc3)C(C=N)CC21C)c1ccccc1. The fourth-order valence-electron chi connectivity index (χ4n) is 5.50. The Morgan fingerprint density at radius 1 is 1.24 bits per heavy atom. The van der Waals surface area contributed by atoms with Gasteiger partial charge in [0.2, 0.25) is 0 Å². The highest BCUT2D eigenvalue weighted by Gasteiger charge is 2.47. The maximum Gasteiger partial charge on any atom is 0.315 e. The lowest BCUT2D eigenvalue weighted by Crippen LogP contribution is -2.40. The number of carbonyl (C=O) groups is 1. The van der Waals surface area contributed by atoms with Crippen LogP contribution < -0.4 is 10.6 Å². The Labute approximate surface area is 201 Å². The van der Waals surface area contributed by atoms with Crippen molar-refractivity contribution in [3.63, 3.8) is 0 Å². The van der Waals surface area contributed by atoms with Crippen LogP contribution in [0.4, 0.5) is 14.9 Å². The van der Waals surface area contributed by atoms with Gasteiger partial charge in [-0.15, -0.1) is 0 Å². The van der Waals surface area contributed by atoms with Gasteiger partial charge in [0.15, 0.2) is 0 Å². The van der Waals surface area contributed by atoms with Crippen molar-refractivity contribution in [2.75, 3.05) is 6.54 Å². The molecule has 4 rings (SSSR count). The van der Waals surface area contributed by atoms with Crippen LogP contribution in [0.5, 0.6) is 0 Å². The lowest BCUT2D eigenvalue weighted by atomic mass is 9.65. The fourth-order valence-corrected chi connectivity index (χ4v) is 5.50. The second-order valence-corrected chi connectivity index (χ2v) is 9.52. The van der Waals surface area contributed by atoms with Crippen LogP contribution in [0.3, 0.4) is 0 Å². The van der Waals surface area contributed by atoms with Gasteiger partial charge in [0.1, 0.15) is 5.82 Å². The number of fused-ring (bicyclic) bond motifs is 1. The molecule has 4 atom stereocenters. The summed E-state index contributed by atoms with van der Waals surface area (Å²) >= 11 is 0. The van der Waals surface area contributed by atoms with E-state index in [1.54, 1.807) is 12.1 Å². The Bertz CT molecular complexity index is 1080. The number of hydrogen-bond donors (Lipinski definition) is 3. The highest BCUT2D eigenvalue weighted by Crippen LogP contribution is 2.56. The van der Waals surface area contributed by atoms with Crippen molar-refractivity contribution < 1.29 is 9.18 Å². The topological polar surface area (TPSA) is 77.3 Å². The summed E-state index contributed by atoms with van der Waals surface area (Å²) in [6.45, 7) is 4.80. The van der Waals surface area contributed by atoms with Crippen molar-refractivity contribution in [2.24, 2.45) is 22.2 Å². The number of amides is 2. The van der Waals surface area contributed by atoms with Gasteiger partial charge in [-0.3, -0.25) is 4.99 Å². The van der Waals surface area contributed by atoms with E-state index in [9.17, 15) is 9.18 Å². The molecule has 2 aromatic carbocycles. The van der Waals surface area contributed by atoms with E-state index in [1.807, 2.05) is 25.1 Å². The molecule has 4 unspecified atom stereocenters. The van der Waals surface area contributed by atoms with Crippen LogP contribution in [0, 0.1) is 28.5 Å². The first-order valence-electron chi connectivity index (χ1n) is 12.1. The van der Waals surface area contributed by atoms with E-state index in [1.165, 1.54) is 23.9 Å². The maximum absolute atomic E-state index is 13.3. The van der Waals surface area contributed by atoms with E-state index >= 15 is 0 Å². The molecule has 0 spiro atoms. The van der Waals surface area contributed by atoms with Gasteiger partial charge < -0.3 is 16.0 Å². The molecule has 0 aliphatic heterocycles. The number of halogens is 1. The van der Waals surface area contributed by atoms with Gasteiger partial charge >= 0.3 is 6.03 Å². The van der Waals surface area contributed by atoms with Crippen molar-refractivity contribution in [1.82, 2.24) is 10.6 Å². The summed E-state index contributed by atoms with van der Waals surface area (Å²) in [6, 6.07) is 16.1. The largest absolute Gasteiger partial charge is 0.338 e. The van der Waals surface area contributed by atoms with Crippen LogP contribution in [0.25, 0.3) is 0 Å². The molecule has 34 heavy (non-hydrogen) atoms. The van der Waals surface area contributed by atoms with Gasteiger partial charge in [-0.05, 0) is 79.8 Å². The first kappa shape index (κ1) is 23.9. The smallest absolute Gasteiger partial charge is 0.315 e. The number of allylic oxidation sites excluding steroid dienone is 2. The van der Waals surface area contributed by atoms with Crippen LogP contribution in [0.15, 0.2) is 71.2 Å². The van der Waals surface area contributed by atoms with E-state index in [0.717, 1.165) is 37.0 Å². The minimum atomic E-state index is -0.282. The molecule has 2 amide bonds. The average Bonchev–Trinajstić information content (AvgIpc) is 3.15. The molecule has 6 heteroatoms. The monoisotopic (exact) mass is 460 g/mol. The van der Waals surface area contributed by atoms with Gasteiger partial charge in [0.05, 0.1) is 11.7 Å². The van der Waals surface area contributed by atoms with Crippen LogP contribution >= 0.6 is 0 Å². The summed E-state index contributed by atoms with van der Waals surface area (Å²) in [5.74, 6) is 0.00147. The predicted octanol–water partition coefficient (Wildman–Crippen LogP) is 6.36. The minimum absolute atomic E-state index is 0.0556. The summed E-state index contributed by atoms with van der Waals surface area (Å²) in [5, 5.41) is 14.1. The zero-order valence-corrected chi connectivity index (χ0v) is 19.9. The molecular weight excluding hydrogens is 427 g/mol. The first-order valence-corrected chi connectivity index (χ1v) is 12.1. The standard InChI is InChI=1S/C28H33FN4O/c1-3-31-27(34)33-25(19-7-5-4-6-8-19)15-21-9-10-22-16-26(20(18-30)17-28(21,22)2)32-24-13-11-23(29)12-14-24/h4-8,11-14,16,18,20-21,25,30H,3,9-10,15,17H2,1-2H3,(H2,31,33,34). The molecule has 2 aromatic rings. The summed E-state index contributed by atoms with van der Waals surface area (Å²) in [5.41, 5.74) is 3.98. The number of nitrogens with zero attached hydrogens (tertiary/aromatic N) is 1. The molecule has 2 aliphatic carbocycles. The molecule has 0 heterocycles. The summed E-state index contributed by atoms with van der Waals surface area (Å²) in [4.78, 5) is 17.1. The van der Waals surface area contributed by atoms with Crippen molar-refractivity contribution in [2.45, 2.75) is 45.6 Å². The summed E-state index contributed by atoms with van der Waals surface area (Å²) in [7, 11) is 0. The number of urea groups is 1. The van der Waals surface area contributed by atoms with Crippen LogP contribution in [-0.2, 0) is 0 Å². The normalized spacial score (nSPS) is 25.9. The molecule has 0 saturated heterocycles. The third kappa shape index (κ3) is 5.11. The number of aliphatic imine (C=N–C) groups is 1. The van der Waals surface area contributed by atoms with Gasteiger partial charge in [0.25, 0.3) is 0 Å². The van der Waals surface area contributed by atoms with Crippen LogP contribution in [0.1, 0.15) is 51.1 Å². The molecule has 2 aliphatic rings. The Morgan fingerprint density at radius 2 is 1.97 bits per heavy atom. The molecule has 178 valence electrons. The number of nitrogens with one attached hydrogen (secondary N) is 3. The number of benzene rings is 2. The molecule has 0 bridgehead atoms. The van der Waals surface area contributed by atoms with Crippen LogP contribution in [0.2, 0.25) is 0 Å². The quantitative estimate of drug-likeness (QED) is 0.413. The third-order valence-corrected chi connectivity index (χ3v) is 7.39. The lowest BCUT2D eigenvalue weighted by molar-refractivity contribution is 0.204. The van der Waals surface area contributed by atoms with Crippen molar-refractivity contribution in [3.8, 4) is 0 Å². The first-order chi connectivity index (χ1) is 16.4. The average molecular weight is 461 g/mol. The van der Waals surface area contributed by atoms with Crippen molar-refractivity contribution in [1.29, 1.82) is 5.41 Å². The van der Waals surface area contributed by atoms with Gasteiger partial charge in [-0.1, -0.05) is 42.8 Å². The predicted molar refractivity (Wildman–Crippen MR) is 135 cm³/mol. The molecule has 0 radical (unpaired) electrons. The second-order valence-electron chi connectivity index (χ2n) is 9.52. The van der Waals surface area contributed by atoms with E-state index in [-0.39, 0.29) is 29.2 Å².